The lowest BCUT2D eigenvalue weighted by Gasteiger charge is -2.09. The second kappa shape index (κ2) is 10.8. The molecular formula is C23H22Cl2N2O4S. The maximum absolute atomic E-state index is 12.6. The third-order valence-electron chi connectivity index (χ3n) is 4.97. The average Bonchev–Trinajstić information content (AvgIpc) is 3.36. The van der Waals surface area contributed by atoms with Crippen LogP contribution in [0.15, 0.2) is 41.8 Å². The van der Waals surface area contributed by atoms with Gasteiger partial charge in [0.2, 0.25) is 5.78 Å². The number of rotatable bonds is 9. The Morgan fingerprint density at radius 1 is 1.09 bits per heavy atom. The van der Waals surface area contributed by atoms with Gasteiger partial charge in [-0.1, -0.05) is 29.3 Å². The van der Waals surface area contributed by atoms with Crippen LogP contribution in [0.3, 0.4) is 0 Å². The minimum Gasteiger partial charge on any atom is -0.456 e. The molecule has 0 radical (unpaired) electrons. The standard InChI is InChI=1S/C23H22Cl2N2O4S/c1-14-10-19(15(2)27(14)8-7-17-4-3-9-32-17)21(28)13-31-22(29)12-26-23(30)18-6-5-16(24)11-20(18)25/h3-6,9-11H,7-8,12-13H2,1-2H3,(H,26,30). The summed E-state index contributed by atoms with van der Waals surface area (Å²) in [6.45, 7) is 3.81. The van der Waals surface area contributed by atoms with E-state index in [2.05, 4.69) is 16.0 Å². The van der Waals surface area contributed by atoms with Crippen LogP contribution in [0.4, 0.5) is 0 Å². The van der Waals surface area contributed by atoms with Gasteiger partial charge in [0.25, 0.3) is 5.91 Å². The fourth-order valence-electron chi connectivity index (χ4n) is 3.30. The molecule has 2 aromatic heterocycles. The van der Waals surface area contributed by atoms with Crippen molar-refractivity contribution in [2.75, 3.05) is 13.2 Å². The predicted octanol–water partition coefficient (Wildman–Crippen LogP) is 4.87. The van der Waals surface area contributed by atoms with Gasteiger partial charge >= 0.3 is 5.97 Å². The summed E-state index contributed by atoms with van der Waals surface area (Å²) in [6, 6.07) is 10.3. The number of carbonyl (C=O) groups is 3. The Bertz CT molecular complexity index is 1140. The number of ketones is 1. The van der Waals surface area contributed by atoms with Gasteiger partial charge in [0.15, 0.2) is 6.61 Å². The summed E-state index contributed by atoms with van der Waals surface area (Å²) in [6.07, 6.45) is 0.883. The van der Waals surface area contributed by atoms with Gasteiger partial charge in [-0.15, -0.1) is 11.3 Å². The summed E-state index contributed by atoms with van der Waals surface area (Å²) in [4.78, 5) is 38.0. The monoisotopic (exact) mass is 492 g/mol. The molecule has 1 amide bonds. The van der Waals surface area contributed by atoms with E-state index < -0.39 is 18.5 Å². The smallest absolute Gasteiger partial charge is 0.325 e. The molecule has 3 aromatic rings. The molecule has 0 spiro atoms. The first-order valence-electron chi connectivity index (χ1n) is 9.87. The van der Waals surface area contributed by atoms with E-state index in [1.807, 2.05) is 31.4 Å². The fraction of sp³-hybridized carbons (Fsp3) is 0.261. The number of ether oxygens (including phenoxy) is 1. The molecule has 0 atom stereocenters. The van der Waals surface area contributed by atoms with Crippen molar-refractivity contribution in [1.82, 2.24) is 9.88 Å². The highest BCUT2D eigenvalue weighted by Crippen LogP contribution is 2.21. The van der Waals surface area contributed by atoms with Crippen molar-refractivity contribution in [2.24, 2.45) is 0 Å². The number of halogens is 2. The van der Waals surface area contributed by atoms with Crippen LogP contribution < -0.4 is 5.32 Å². The number of amides is 1. The number of hydrogen-bond acceptors (Lipinski definition) is 5. The molecule has 0 unspecified atom stereocenters. The quantitative estimate of drug-likeness (QED) is 0.341. The van der Waals surface area contributed by atoms with Crippen LogP contribution in [-0.2, 0) is 22.5 Å². The van der Waals surface area contributed by atoms with Crippen molar-refractivity contribution in [3.8, 4) is 0 Å². The highest BCUT2D eigenvalue weighted by Gasteiger charge is 2.18. The maximum atomic E-state index is 12.6. The van der Waals surface area contributed by atoms with Crippen LogP contribution in [0.1, 0.15) is 37.0 Å². The number of carbonyl (C=O) groups excluding carboxylic acids is 3. The molecule has 1 aromatic carbocycles. The molecule has 1 N–H and O–H groups in total. The first-order valence-corrected chi connectivity index (χ1v) is 11.5. The maximum Gasteiger partial charge on any atom is 0.325 e. The SMILES string of the molecule is Cc1cc(C(=O)COC(=O)CNC(=O)c2ccc(Cl)cc2Cl)c(C)n1CCc1cccs1. The fourth-order valence-corrected chi connectivity index (χ4v) is 4.49. The number of thiophene rings is 1. The number of esters is 1. The van der Waals surface area contributed by atoms with Crippen molar-refractivity contribution in [2.45, 2.75) is 26.8 Å². The molecule has 0 aliphatic rings. The van der Waals surface area contributed by atoms with Crippen molar-refractivity contribution in [3.63, 3.8) is 0 Å². The number of aromatic nitrogens is 1. The van der Waals surface area contributed by atoms with E-state index in [-0.39, 0.29) is 22.9 Å². The van der Waals surface area contributed by atoms with Crippen molar-refractivity contribution in [3.05, 3.63) is 79.2 Å². The highest BCUT2D eigenvalue weighted by atomic mass is 35.5. The molecule has 0 aliphatic carbocycles. The zero-order valence-corrected chi connectivity index (χ0v) is 19.9. The van der Waals surface area contributed by atoms with Gasteiger partial charge in [-0.25, -0.2) is 0 Å². The van der Waals surface area contributed by atoms with Gasteiger partial charge in [-0.05, 0) is 56.0 Å². The van der Waals surface area contributed by atoms with Gasteiger partial charge in [0, 0.05) is 33.4 Å². The summed E-state index contributed by atoms with van der Waals surface area (Å²) in [5.74, 6) is -1.55. The van der Waals surface area contributed by atoms with E-state index in [1.54, 1.807) is 11.3 Å². The highest BCUT2D eigenvalue weighted by molar-refractivity contribution is 7.09. The molecule has 0 fully saturated rings. The zero-order chi connectivity index (χ0) is 23.3. The minimum atomic E-state index is -0.719. The van der Waals surface area contributed by atoms with Crippen molar-refractivity contribution < 1.29 is 19.1 Å². The van der Waals surface area contributed by atoms with Gasteiger partial charge in [-0.2, -0.15) is 0 Å². The molecule has 2 heterocycles. The first-order chi connectivity index (χ1) is 15.3. The van der Waals surface area contributed by atoms with E-state index in [4.69, 9.17) is 27.9 Å². The lowest BCUT2D eigenvalue weighted by atomic mass is 10.1. The molecule has 32 heavy (non-hydrogen) atoms. The van der Waals surface area contributed by atoms with Crippen LogP contribution in [0.5, 0.6) is 0 Å². The molecule has 168 valence electrons. The van der Waals surface area contributed by atoms with Crippen molar-refractivity contribution in [1.29, 1.82) is 0 Å². The Kier molecular flexibility index (Phi) is 8.12. The Balaban J connectivity index is 1.51. The molecule has 0 bridgehead atoms. The summed E-state index contributed by atoms with van der Waals surface area (Å²) in [5.41, 5.74) is 2.53. The molecule has 0 saturated heterocycles. The van der Waals surface area contributed by atoms with Crippen molar-refractivity contribution >= 4 is 52.2 Å². The van der Waals surface area contributed by atoms with E-state index in [9.17, 15) is 14.4 Å². The Morgan fingerprint density at radius 3 is 2.56 bits per heavy atom. The number of nitrogens with zero attached hydrogens (tertiary/aromatic N) is 1. The molecule has 9 heteroatoms. The zero-order valence-electron chi connectivity index (χ0n) is 17.6. The summed E-state index contributed by atoms with van der Waals surface area (Å²) in [5, 5.41) is 5.04. The van der Waals surface area contributed by atoms with Gasteiger partial charge < -0.3 is 14.6 Å². The molecule has 3 rings (SSSR count). The second-order valence-corrected chi connectivity index (χ2v) is 9.03. The third-order valence-corrected chi connectivity index (χ3v) is 6.45. The van der Waals surface area contributed by atoms with Gasteiger partial charge in [-0.3, -0.25) is 14.4 Å². The number of aryl methyl sites for hydroxylation is 2. The first kappa shape index (κ1) is 24.0. The van der Waals surface area contributed by atoms with Gasteiger partial charge in [0.1, 0.15) is 6.54 Å². The normalized spacial score (nSPS) is 10.8. The van der Waals surface area contributed by atoms with E-state index in [1.165, 1.54) is 23.1 Å². The molecule has 0 saturated carbocycles. The van der Waals surface area contributed by atoms with Gasteiger partial charge in [0.05, 0.1) is 10.6 Å². The third kappa shape index (κ3) is 6.00. The van der Waals surface area contributed by atoms with E-state index in [0.717, 1.165) is 24.4 Å². The van der Waals surface area contributed by atoms with Crippen LogP contribution in [-0.4, -0.2) is 35.4 Å². The number of benzene rings is 1. The Morgan fingerprint density at radius 2 is 1.88 bits per heavy atom. The van der Waals surface area contributed by atoms with Crippen LogP contribution >= 0.6 is 34.5 Å². The lowest BCUT2D eigenvalue weighted by molar-refractivity contribution is -0.141. The number of Topliss-reactive ketones (excluding diaryl/α,β-unsaturated/α-hetero) is 1. The van der Waals surface area contributed by atoms with E-state index in [0.29, 0.717) is 10.6 Å². The molecular weight excluding hydrogens is 471 g/mol. The van der Waals surface area contributed by atoms with Crippen LogP contribution in [0, 0.1) is 13.8 Å². The van der Waals surface area contributed by atoms with E-state index >= 15 is 0 Å². The Hall–Kier alpha value is -2.61. The molecule has 0 aliphatic heterocycles. The summed E-state index contributed by atoms with van der Waals surface area (Å²) < 4.78 is 7.14. The topological polar surface area (TPSA) is 77.4 Å². The van der Waals surface area contributed by atoms with Crippen LogP contribution in [0.2, 0.25) is 10.0 Å². The Labute approximate surface area is 200 Å². The summed E-state index contributed by atoms with van der Waals surface area (Å²) >= 11 is 13.5. The number of nitrogens with one attached hydrogen (secondary N) is 1. The lowest BCUT2D eigenvalue weighted by Crippen LogP contribution is -2.31. The minimum absolute atomic E-state index is 0.174. The molecule has 6 nitrogen and oxygen atoms in total. The average molecular weight is 493 g/mol. The van der Waals surface area contributed by atoms with Crippen LogP contribution in [0.25, 0.3) is 0 Å². The second-order valence-electron chi connectivity index (χ2n) is 7.16. The number of hydrogen-bond donors (Lipinski definition) is 1. The predicted molar refractivity (Wildman–Crippen MR) is 126 cm³/mol. The largest absolute Gasteiger partial charge is 0.456 e. The summed E-state index contributed by atoms with van der Waals surface area (Å²) in [7, 11) is 0.